The van der Waals surface area contributed by atoms with E-state index in [0.717, 1.165) is 28.9 Å². The predicted octanol–water partition coefficient (Wildman–Crippen LogP) is 0.644. The molecule has 0 saturated carbocycles. The van der Waals surface area contributed by atoms with Crippen molar-refractivity contribution in [3.8, 4) is 0 Å². The van der Waals surface area contributed by atoms with E-state index in [9.17, 15) is 14.4 Å². The van der Waals surface area contributed by atoms with Crippen molar-refractivity contribution in [1.82, 2.24) is 10.2 Å². The summed E-state index contributed by atoms with van der Waals surface area (Å²) >= 11 is 0. The third kappa shape index (κ3) is 1.82. The van der Waals surface area contributed by atoms with Gasteiger partial charge >= 0.3 is 6.03 Å². The van der Waals surface area contributed by atoms with Crippen LogP contribution in [0.5, 0.6) is 0 Å². The molecule has 110 valence electrons. The van der Waals surface area contributed by atoms with E-state index in [4.69, 9.17) is 5.73 Å². The maximum absolute atomic E-state index is 12.8. The van der Waals surface area contributed by atoms with Gasteiger partial charge in [-0.25, -0.2) is 9.69 Å². The van der Waals surface area contributed by atoms with Crippen LogP contribution < -0.4 is 11.1 Å². The fraction of sp³-hybridized carbons (Fsp3) is 0.400. The Labute approximate surface area is 122 Å². The van der Waals surface area contributed by atoms with Gasteiger partial charge in [0.2, 0.25) is 5.91 Å². The quantitative estimate of drug-likeness (QED) is 0.782. The summed E-state index contributed by atoms with van der Waals surface area (Å²) in [4.78, 5) is 37.3. The normalized spacial score (nSPS) is 25.7. The van der Waals surface area contributed by atoms with E-state index >= 15 is 0 Å². The number of benzene rings is 1. The van der Waals surface area contributed by atoms with Crippen molar-refractivity contribution >= 4 is 17.8 Å². The molecule has 6 nitrogen and oxygen atoms in total. The molecular formula is C15H17N3O3. The lowest BCUT2D eigenvalue weighted by molar-refractivity contribution is -0.137. The van der Waals surface area contributed by atoms with Crippen LogP contribution in [0.2, 0.25) is 0 Å². The number of nitrogens with two attached hydrogens (primary N) is 1. The molecule has 0 aromatic heterocycles. The lowest BCUT2D eigenvalue weighted by Gasteiger charge is -2.33. The molecule has 1 aliphatic heterocycles. The molecule has 1 spiro atoms. The van der Waals surface area contributed by atoms with Crippen molar-refractivity contribution in [2.75, 3.05) is 0 Å². The highest BCUT2D eigenvalue weighted by Gasteiger charge is 2.55. The number of amides is 4. The molecule has 0 radical (unpaired) electrons. The van der Waals surface area contributed by atoms with Crippen LogP contribution in [0.25, 0.3) is 0 Å². The Morgan fingerprint density at radius 3 is 2.81 bits per heavy atom. The molecule has 1 saturated heterocycles. The summed E-state index contributed by atoms with van der Waals surface area (Å²) < 4.78 is 0. The van der Waals surface area contributed by atoms with Gasteiger partial charge in [0.15, 0.2) is 0 Å². The Kier molecular flexibility index (Phi) is 2.97. The molecule has 1 aromatic rings. The minimum Gasteiger partial charge on any atom is -0.368 e. The van der Waals surface area contributed by atoms with Gasteiger partial charge in [-0.05, 0) is 37.3 Å². The number of nitrogens with zero attached hydrogens (tertiary/aromatic N) is 1. The number of carbonyl (C=O) groups is 3. The third-order valence-electron chi connectivity index (χ3n) is 4.40. The number of primary amides is 1. The zero-order chi connectivity index (χ0) is 15.2. The summed E-state index contributed by atoms with van der Waals surface area (Å²) in [6, 6.07) is 6.10. The highest BCUT2D eigenvalue weighted by molar-refractivity contribution is 6.10. The number of urea groups is 1. The monoisotopic (exact) mass is 287 g/mol. The van der Waals surface area contributed by atoms with Gasteiger partial charge in [-0.3, -0.25) is 9.59 Å². The molecule has 3 N–H and O–H groups in total. The summed E-state index contributed by atoms with van der Waals surface area (Å²) in [5.41, 5.74) is 6.08. The van der Waals surface area contributed by atoms with Gasteiger partial charge in [0.05, 0.1) is 0 Å². The van der Waals surface area contributed by atoms with Crippen LogP contribution >= 0.6 is 0 Å². The molecule has 1 heterocycles. The fourth-order valence-corrected chi connectivity index (χ4v) is 3.26. The van der Waals surface area contributed by atoms with Crippen molar-refractivity contribution in [3.05, 3.63) is 35.4 Å². The second-order valence-electron chi connectivity index (χ2n) is 5.60. The fourth-order valence-electron chi connectivity index (χ4n) is 3.26. The van der Waals surface area contributed by atoms with Gasteiger partial charge in [0, 0.05) is 0 Å². The number of aryl methyl sites for hydroxylation is 1. The van der Waals surface area contributed by atoms with E-state index < -0.39 is 23.5 Å². The Bertz CT molecular complexity index is 643. The average molecular weight is 287 g/mol. The molecule has 1 aromatic carbocycles. The maximum atomic E-state index is 12.8. The number of hydrogen-bond donors (Lipinski definition) is 2. The Morgan fingerprint density at radius 1 is 1.38 bits per heavy atom. The van der Waals surface area contributed by atoms with Crippen molar-refractivity contribution in [1.29, 1.82) is 0 Å². The number of rotatable bonds is 2. The lowest BCUT2D eigenvalue weighted by Crippen LogP contribution is -2.49. The molecule has 21 heavy (non-hydrogen) atoms. The van der Waals surface area contributed by atoms with Crippen LogP contribution in [0, 0.1) is 0 Å². The molecular weight excluding hydrogens is 270 g/mol. The Balaban J connectivity index is 2.07. The molecule has 3 rings (SSSR count). The second kappa shape index (κ2) is 4.58. The highest BCUT2D eigenvalue weighted by atomic mass is 16.2. The minimum atomic E-state index is -1.05. The number of nitrogens with one attached hydrogen (secondary N) is 1. The van der Waals surface area contributed by atoms with Gasteiger partial charge in [-0.2, -0.15) is 0 Å². The maximum Gasteiger partial charge on any atom is 0.326 e. The summed E-state index contributed by atoms with van der Waals surface area (Å²) in [7, 11) is 0. The minimum absolute atomic E-state index is 0.383. The van der Waals surface area contributed by atoms with Crippen molar-refractivity contribution < 1.29 is 14.4 Å². The van der Waals surface area contributed by atoms with E-state index in [-0.39, 0.29) is 5.91 Å². The van der Waals surface area contributed by atoms with E-state index in [2.05, 4.69) is 5.32 Å². The topological polar surface area (TPSA) is 92.5 Å². The van der Waals surface area contributed by atoms with Gasteiger partial charge in [0.1, 0.15) is 11.6 Å². The molecule has 1 aliphatic carbocycles. The summed E-state index contributed by atoms with van der Waals surface area (Å²) in [5, 5.41) is 2.79. The first-order chi connectivity index (χ1) is 9.97. The number of carbonyl (C=O) groups excluding carboxylic acids is 3. The first-order valence-corrected chi connectivity index (χ1v) is 7.01. The zero-order valence-electron chi connectivity index (χ0n) is 11.8. The van der Waals surface area contributed by atoms with Crippen molar-refractivity contribution in [2.45, 2.75) is 37.8 Å². The second-order valence-corrected chi connectivity index (χ2v) is 5.60. The first kappa shape index (κ1) is 13.6. The summed E-state index contributed by atoms with van der Waals surface area (Å²) in [6.07, 6.45) is 2.23. The SMILES string of the molecule is C[C@H](C(N)=O)N1C(=O)N[C@@]2(CCCc3ccccc32)C1=O. The highest BCUT2D eigenvalue weighted by Crippen LogP contribution is 2.40. The molecule has 1 fully saturated rings. The van der Waals surface area contributed by atoms with Crippen LogP contribution in [0.1, 0.15) is 30.9 Å². The Hall–Kier alpha value is -2.37. The van der Waals surface area contributed by atoms with E-state index in [1.54, 1.807) is 0 Å². The number of fused-ring (bicyclic) bond motifs is 2. The van der Waals surface area contributed by atoms with E-state index in [0.29, 0.717) is 6.42 Å². The van der Waals surface area contributed by atoms with Crippen molar-refractivity contribution in [2.24, 2.45) is 5.73 Å². The smallest absolute Gasteiger partial charge is 0.326 e. The molecule has 2 aliphatic rings. The third-order valence-corrected chi connectivity index (χ3v) is 4.40. The summed E-state index contributed by atoms with van der Waals surface area (Å²) in [6.45, 7) is 1.47. The zero-order valence-corrected chi connectivity index (χ0v) is 11.8. The van der Waals surface area contributed by atoms with Crippen LogP contribution in [0.3, 0.4) is 0 Å². The number of hydrogen-bond acceptors (Lipinski definition) is 3. The van der Waals surface area contributed by atoms with E-state index in [1.165, 1.54) is 6.92 Å². The predicted molar refractivity (Wildman–Crippen MR) is 75.1 cm³/mol. The average Bonchev–Trinajstić information content (AvgIpc) is 2.70. The van der Waals surface area contributed by atoms with Crippen LogP contribution in [-0.2, 0) is 21.5 Å². The first-order valence-electron chi connectivity index (χ1n) is 7.01. The van der Waals surface area contributed by atoms with Crippen LogP contribution in [0.4, 0.5) is 4.79 Å². The van der Waals surface area contributed by atoms with Crippen LogP contribution in [0.15, 0.2) is 24.3 Å². The molecule has 0 bridgehead atoms. The van der Waals surface area contributed by atoms with Gasteiger partial charge in [-0.15, -0.1) is 0 Å². The van der Waals surface area contributed by atoms with Gasteiger partial charge in [0.25, 0.3) is 5.91 Å². The van der Waals surface area contributed by atoms with E-state index in [1.807, 2.05) is 24.3 Å². The van der Waals surface area contributed by atoms with Gasteiger partial charge < -0.3 is 11.1 Å². The van der Waals surface area contributed by atoms with Gasteiger partial charge in [-0.1, -0.05) is 24.3 Å². The standard InChI is InChI=1S/C15H17N3O3/c1-9(12(16)19)18-13(20)15(17-14(18)21)8-4-6-10-5-2-3-7-11(10)15/h2-3,5,7,9H,4,6,8H2,1H3,(H2,16,19)(H,17,21)/t9-,15-/m1/s1. The molecule has 2 atom stereocenters. The molecule has 4 amide bonds. The molecule has 0 unspecified atom stereocenters. The Morgan fingerprint density at radius 2 is 2.10 bits per heavy atom. The molecule has 6 heteroatoms. The van der Waals surface area contributed by atoms with Crippen molar-refractivity contribution in [3.63, 3.8) is 0 Å². The number of imide groups is 1. The summed E-state index contributed by atoms with van der Waals surface area (Å²) in [5.74, 6) is -1.08. The van der Waals surface area contributed by atoms with Crippen LogP contribution in [-0.4, -0.2) is 28.8 Å². The lowest BCUT2D eigenvalue weighted by atomic mass is 9.76. The largest absolute Gasteiger partial charge is 0.368 e.